The number of aromatic nitrogens is 2. The molecule has 0 bridgehead atoms. The third-order valence-electron chi connectivity index (χ3n) is 7.04. The van der Waals surface area contributed by atoms with Gasteiger partial charge >= 0.3 is 0 Å². The molecule has 0 saturated carbocycles. The van der Waals surface area contributed by atoms with Gasteiger partial charge in [-0.25, -0.2) is 0 Å². The number of rotatable bonds is 5. The van der Waals surface area contributed by atoms with Gasteiger partial charge in [0.25, 0.3) is 0 Å². The molecule has 3 aromatic rings. The van der Waals surface area contributed by atoms with Gasteiger partial charge in [0.1, 0.15) is 6.04 Å². The van der Waals surface area contributed by atoms with Crippen LogP contribution in [0.4, 0.5) is 0 Å². The highest BCUT2D eigenvalue weighted by molar-refractivity contribution is 8.14. The van der Waals surface area contributed by atoms with Crippen molar-refractivity contribution in [2.75, 3.05) is 5.75 Å². The average molecular weight is 445 g/mol. The van der Waals surface area contributed by atoms with Gasteiger partial charge in [-0.3, -0.25) is 9.98 Å². The predicted octanol–water partition coefficient (Wildman–Crippen LogP) is 6.34. The van der Waals surface area contributed by atoms with Crippen LogP contribution in [0.15, 0.2) is 53.7 Å². The van der Waals surface area contributed by atoms with Gasteiger partial charge in [0, 0.05) is 29.4 Å². The third kappa shape index (κ3) is 3.29. The second kappa shape index (κ2) is 8.43. The maximum Gasteiger partial charge on any atom is 0.160 e. The van der Waals surface area contributed by atoms with Gasteiger partial charge < -0.3 is 9.47 Å². The number of aliphatic imine (C=N–C) groups is 1. The van der Waals surface area contributed by atoms with Crippen molar-refractivity contribution in [1.29, 1.82) is 0 Å². The molecule has 1 aromatic carbocycles. The molecule has 3 atom stereocenters. The molecule has 0 radical (unpaired) electrons. The lowest BCUT2D eigenvalue weighted by Crippen LogP contribution is -2.35. The standard InChI is InChI=1S/C27H32N4S/c1-6-20-12-10-11-17(3)25(20)30-18(4)15-22(19(30)5)26-24(23-13-8-9-14-28-23)29-27-31(26)21(7-2)16-32-27/h8-15,21,24,26H,6-7,16H2,1-5H3/t21-,24+,26+/m1/s1. The van der Waals surface area contributed by atoms with E-state index in [0.29, 0.717) is 6.04 Å². The molecule has 5 heteroatoms. The molecule has 32 heavy (non-hydrogen) atoms. The summed E-state index contributed by atoms with van der Waals surface area (Å²) in [7, 11) is 0. The largest absolute Gasteiger partial charge is 0.338 e. The number of nitrogens with zero attached hydrogens (tertiary/aromatic N) is 4. The zero-order valence-corrected chi connectivity index (χ0v) is 20.5. The van der Waals surface area contributed by atoms with E-state index in [0.717, 1.165) is 24.3 Å². The second-order valence-corrected chi connectivity index (χ2v) is 9.92. The van der Waals surface area contributed by atoms with Gasteiger partial charge in [-0.15, -0.1) is 0 Å². The molecular weight excluding hydrogens is 412 g/mol. The number of pyridine rings is 1. The summed E-state index contributed by atoms with van der Waals surface area (Å²) in [6.45, 7) is 11.3. The number of amidine groups is 1. The monoisotopic (exact) mass is 444 g/mol. The van der Waals surface area contributed by atoms with Crippen molar-refractivity contribution >= 4 is 16.9 Å². The fourth-order valence-corrected chi connectivity index (χ4v) is 6.78. The summed E-state index contributed by atoms with van der Waals surface area (Å²) in [5, 5.41) is 1.19. The molecule has 0 spiro atoms. The summed E-state index contributed by atoms with van der Waals surface area (Å²) in [4.78, 5) is 12.5. The zero-order valence-electron chi connectivity index (χ0n) is 19.7. The molecule has 166 valence electrons. The molecule has 4 heterocycles. The van der Waals surface area contributed by atoms with Crippen LogP contribution < -0.4 is 0 Å². The maximum atomic E-state index is 5.21. The Hall–Kier alpha value is -2.53. The Balaban J connectivity index is 1.67. The number of fused-ring (bicyclic) bond motifs is 1. The van der Waals surface area contributed by atoms with Crippen molar-refractivity contribution in [3.8, 4) is 5.69 Å². The molecule has 2 aliphatic heterocycles. The minimum Gasteiger partial charge on any atom is -0.338 e. The van der Waals surface area contributed by atoms with E-state index in [9.17, 15) is 0 Å². The van der Waals surface area contributed by atoms with Crippen molar-refractivity contribution in [3.63, 3.8) is 0 Å². The smallest absolute Gasteiger partial charge is 0.160 e. The highest BCUT2D eigenvalue weighted by atomic mass is 32.2. The highest BCUT2D eigenvalue weighted by Gasteiger charge is 2.46. The van der Waals surface area contributed by atoms with Crippen LogP contribution in [-0.2, 0) is 6.42 Å². The van der Waals surface area contributed by atoms with Crippen LogP contribution in [0.5, 0.6) is 0 Å². The van der Waals surface area contributed by atoms with Crippen LogP contribution >= 0.6 is 11.8 Å². The van der Waals surface area contributed by atoms with Crippen LogP contribution in [0.1, 0.15) is 66.1 Å². The molecule has 4 nitrogen and oxygen atoms in total. The van der Waals surface area contributed by atoms with Gasteiger partial charge in [0.05, 0.1) is 17.4 Å². The van der Waals surface area contributed by atoms with Gasteiger partial charge in [0.2, 0.25) is 0 Å². The summed E-state index contributed by atoms with van der Waals surface area (Å²) in [5.41, 5.74) is 9.10. The van der Waals surface area contributed by atoms with Crippen LogP contribution in [0, 0.1) is 20.8 Å². The first-order valence-electron chi connectivity index (χ1n) is 11.7. The van der Waals surface area contributed by atoms with Gasteiger partial charge in [-0.1, -0.05) is 49.9 Å². The molecule has 1 saturated heterocycles. The number of para-hydroxylation sites is 1. The summed E-state index contributed by atoms with van der Waals surface area (Å²) in [6, 6.07) is 16.0. The molecule has 5 rings (SSSR count). The lowest BCUT2D eigenvalue weighted by molar-refractivity contribution is 0.254. The van der Waals surface area contributed by atoms with Crippen molar-refractivity contribution in [2.45, 2.75) is 65.6 Å². The highest BCUT2D eigenvalue weighted by Crippen LogP contribution is 2.50. The minimum atomic E-state index is 0.0320. The van der Waals surface area contributed by atoms with Crippen molar-refractivity contribution < 1.29 is 0 Å². The quantitative estimate of drug-likeness (QED) is 0.460. The Morgan fingerprint density at radius 2 is 1.91 bits per heavy atom. The van der Waals surface area contributed by atoms with E-state index in [1.54, 1.807) is 0 Å². The normalized spacial score (nSPS) is 22.3. The van der Waals surface area contributed by atoms with E-state index in [-0.39, 0.29) is 12.1 Å². The fourth-order valence-electron chi connectivity index (χ4n) is 5.44. The van der Waals surface area contributed by atoms with Gasteiger partial charge in [0.15, 0.2) is 5.17 Å². The van der Waals surface area contributed by atoms with Gasteiger partial charge in [-0.2, -0.15) is 0 Å². The number of hydrogen-bond donors (Lipinski definition) is 0. The average Bonchev–Trinajstić information content (AvgIpc) is 3.46. The summed E-state index contributed by atoms with van der Waals surface area (Å²) >= 11 is 1.91. The van der Waals surface area contributed by atoms with Crippen LogP contribution in [0.2, 0.25) is 0 Å². The third-order valence-corrected chi connectivity index (χ3v) is 8.17. The molecule has 0 amide bonds. The SMILES string of the molecule is CCc1cccc(C)c1-n1c(C)cc([C@H]2[C@H](c3ccccn3)N=C3SC[C@@H](CC)N32)c1C. The maximum absolute atomic E-state index is 5.21. The van der Waals surface area contributed by atoms with Gasteiger partial charge in [-0.05, 0) is 68.5 Å². The summed E-state index contributed by atoms with van der Waals surface area (Å²) in [5.74, 6) is 1.12. The van der Waals surface area contributed by atoms with E-state index in [1.807, 2.05) is 24.0 Å². The molecule has 0 aliphatic carbocycles. The van der Waals surface area contributed by atoms with E-state index in [4.69, 9.17) is 9.98 Å². The molecule has 2 aliphatic rings. The molecule has 1 fully saturated rings. The number of hydrogen-bond acceptors (Lipinski definition) is 4. The van der Waals surface area contributed by atoms with Crippen LogP contribution in [0.3, 0.4) is 0 Å². The van der Waals surface area contributed by atoms with Crippen LogP contribution in [0.25, 0.3) is 5.69 Å². The Labute approximate surface area is 195 Å². The van der Waals surface area contributed by atoms with Crippen molar-refractivity contribution in [3.05, 3.63) is 82.4 Å². The second-order valence-electron chi connectivity index (χ2n) is 8.93. The lowest BCUT2D eigenvalue weighted by atomic mass is 9.95. The number of aryl methyl sites for hydroxylation is 3. The number of thioether (sulfide) groups is 1. The zero-order chi connectivity index (χ0) is 22.4. The summed E-state index contributed by atoms with van der Waals surface area (Å²) < 4.78 is 2.47. The Morgan fingerprint density at radius 1 is 1.06 bits per heavy atom. The van der Waals surface area contributed by atoms with Crippen molar-refractivity contribution in [2.24, 2.45) is 4.99 Å². The Kier molecular flexibility index (Phi) is 5.62. The van der Waals surface area contributed by atoms with E-state index >= 15 is 0 Å². The molecule has 2 aromatic heterocycles. The predicted molar refractivity (Wildman–Crippen MR) is 135 cm³/mol. The first-order valence-corrected chi connectivity index (χ1v) is 12.7. The fraction of sp³-hybridized carbons (Fsp3) is 0.407. The molecular formula is C27H32N4S. The Bertz CT molecular complexity index is 1160. The van der Waals surface area contributed by atoms with E-state index in [2.05, 4.69) is 80.5 Å². The van der Waals surface area contributed by atoms with E-state index < -0.39 is 0 Å². The topological polar surface area (TPSA) is 33.4 Å². The van der Waals surface area contributed by atoms with Crippen molar-refractivity contribution in [1.82, 2.24) is 14.5 Å². The minimum absolute atomic E-state index is 0.0320. The van der Waals surface area contributed by atoms with Crippen LogP contribution in [-0.4, -0.2) is 31.4 Å². The number of benzene rings is 1. The Morgan fingerprint density at radius 3 is 2.62 bits per heavy atom. The summed E-state index contributed by atoms with van der Waals surface area (Å²) in [6.07, 6.45) is 4.05. The lowest BCUT2D eigenvalue weighted by Gasteiger charge is -2.32. The molecule has 0 N–H and O–H groups in total. The first-order chi connectivity index (χ1) is 15.5. The first kappa shape index (κ1) is 21.3. The molecule has 0 unspecified atom stereocenters. The van der Waals surface area contributed by atoms with E-state index in [1.165, 1.54) is 38.9 Å².